The molecule has 0 aromatic heterocycles. The molecule has 2 fully saturated rings. The SMILES string of the molecule is O=C1CCC2(O)[C@H]3Cc4ccc(O)c5c4C2(CCN3C(=O)OCC2=CC2)[C@H]1O5. The number of hydrogen-bond donors (Lipinski definition) is 2. The smallest absolute Gasteiger partial charge is 0.410 e. The van der Waals surface area contributed by atoms with Crippen LogP contribution in [0.4, 0.5) is 4.79 Å². The second kappa shape index (κ2) is 5.08. The lowest BCUT2D eigenvalue weighted by molar-refractivity contribution is -0.183. The fourth-order valence-electron chi connectivity index (χ4n) is 5.97. The van der Waals surface area contributed by atoms with Crippen molar-refractivity contribution in [3.63, 3.8) is 0 Å². The van der Waals surface area contributed by atoms with Crippen molar-refractivity contribution in [1.29, 1.82) is 0 Å². The van der Waals surface area contributed by atoms with E-state index in [1.807, 2.05) is 12.1 Å². The number of nitrogens with zero attached hydrogens (tertiary/aromatic N) is 1. The lowest BCUT2D eigenvalue weighted by Gasteiger charge is -2.61. The molecule has 1 aromatic carbocycles. The van der Waals surface area contributed by atoms with Gasteiger partial charge in [-0.3, -0.25) is 4.79 Å². The van der Waals surface area contributed by atoms with Gasteiger partial charge in [-0.25, -0.2) is 4.79 Å². The summed E-state index contributed by atoms with van der Waals surface area (Å²) in [6.07, 6.45) is 3.00. The highest BCUT2D eigenvalue weighted by Gasteiger charge is 2.73. The molecule has 1 spiro atoms. The molecule has 146 valence electrons. The van der Waals surface area contributed by atoms with Crippen LogP contribution in [0.1, 0.15) is 36.8 Å². The molecular weight excluding hydrogens is 362 g/mol. The summed E-state index contributed by atoms with van der Waals surface area (Å²) in [5.41, 5.74) is 0.600. The Bertz CT molecular complexity index is 970. The minimum absolute atomic E-state index is 0.00401. The van der Waals surface area contributed by atoms with Crippen LogP contribution in [0.25, 0.3) is 0 Å². The second-order valence-corrected chi connectivity index (χ2v) is 8.59. The molecule has 2 heterocycles. The van der Waals surface area contributed by atoms with Crippen molar-refractivity contribution >= 4 is 11.9 Å². The van der Waals surface area contributed by atoms with Crippen LogP contribution in [0, 0.1) is 0 Å². The molecule has 3 aliphatic carbocycles. The molecule has 2 aliphatic heterocycles. The van der Waals surface area contributed by atoms with Crippen molar-refractivity contribution in [3.05, 3.63) is 34.9 Å². The molecule has 0 radical (unpaired) electrons. The monoisotopic (exact) mass is 383 g/mol. The normalized spacial score (nSPS) is 36.4. The first-order chi connectivity index (χ1) is 13.5. The maximum Gasteiger partial charge on any atom is 0.410 e. The third-order valence-corrected chi connectivity index (χ3v) is 7.37. The number of carbonyl (C=O) groups is 2. The molecule has 6 rings (SSSR count). The van der Waals surface area contributed by atoms with Crippen LogP contribution in [-0.4, -0.2) is 57.9 Å². The number of allylic oxidation sites excluding steroid dienone is 1. The van der Waals surface area contributed by atoms with Gasteiger partial charge in [-0.1, -0.05) is 12.1 Å². The maximum atomic E-state index is 12.8. The van der Waals surface area contributed by atoms with Crippen LogP contribution in [0.2, 0.25) is 0 Å². The Balaban J connectivity index is 1.47. The lowest BCUT2D eigenvalue weighted by atomic mass is 9.49. The predicted octanol–water partition coefficient (Wildman–Crippen LogP) is 1.58. The lowest BCUT2D eigenvalue weighted by Crippen LogP contribution is -2.77. The quantitative estimate of drug-likeness (QED) is 0.753. The molecule has 1 amide bonds. The molecule has 1 saturated carbocycles. The molecule has 7 heteroatoms. The number of amides is 1. The van der Waals surface area contributed by atoms with Crippen LogP contribution >= 0.6 is 0 Å². The van der Waals surface area contributed by atoms with E-state index in [9.17, 15) is 19.8 Å². The summed E-state index contributed by atoms with van der Waals surface area (Å²) in [6, 6.07) is 2.90. The molecule has 1 aromatic rings. The number of Topliss-reactive ketones (excluding diaryl/α,β-unsaturated/α-hetero) is 1. The Morgan fingerprint density at radius 2 is 2.18 bits per heavy atom. The van der Waals surface area contributed by atoms with Crippen LogP contribution in [0.3, 0.4) is 0 Å². The summed E-state index contributed by atoms with van der Waals surface area (Å²) in [5.74, 6) is 0.269. The number of carbonyl (C=O) groups excluding carboxylic acids is 2. The predicted molar refractivity (Wildman–Crippen MR) is 96.3 cm³/mol. The van der Waals surface area contributed by atoms with E-state index in [0.29, 0.717) is 31.7 Å². The van der Waals surface area contributed by atoms with E-state index in [1.54, 1.807) is 11.0 Å². The van der Waals surface area contributed by atoms with Gasteiger partial charge in [-0.2, -0.15) is 0 Å². The van der Waals surface area contributed by atoms with E-state index in [2.05, 4.69) is 0 Å². The van der Waals surface area contributed by atoms with Gasteiger partial charge < -0.3 is 24.6 Å². The number of hydrogen-bond acceptors (Lipinski definition) is 6. The highest BCUT2D eigenvalue weighted by atomic mass is 16.6. The highest BCUT2D eigenvalue weighted by Crippen LogP contribution is 2.64. The molecule has 28 heavy (non-hydrogen) atoms. The fraction of sp³-hybridized carbons (Fsp3) is 0.524. The largest absolute Gasteiger partial charge is 0.504 e. The number of rotatable bonds is 2. The number of likely N-dealkylation sites (tertiary alicyclic amines) is 1. The van der Waals surface area contributed by atoms with Crippen LogP contribution in [0.5, 0.6) is 11.5 Å². The fourth-order valence-corrected chi connectivity index (χ4v) is 5.97. The summed E-state index contributed by atoms with van der Waals surface area (Å²) in [5, 5.41) is 22.3. The second-order valence-electron chi connectivity index (χ2n) is 8.59. The molecule has 2 N–H and O–H groups in total. The van der Waals surface area contributed by atoms with Crippen LogP contribution in [-0.2, 0) is 21.4 Å². The van der Waals surface area contributed by atoms with Crippen LogP contribution < -0.4 is 4.74 Å². The number of ketones is 1. The molecule has 1 saturated heterocycles. The topological polar surface area (TPSA) is 96.3 Å². The Hall–Kier alpha value is -2.54. The van der Waals surface area contributed by atoms with Crippen molar-refractivity contribution < 1.29 is 29.3 Å². The van der Waals surface area contributed by atoms with E-state index in [1.165, 1.54) is 0 Å². The Kier molecular flexibility index (Phi) is 2.98. The first kappa shape index (κ1) is 16.4. The Labute approximate surface area is 161 Å². The zero-order valence-corrected chi connectivity index (χ0v) is 15.3. The number of aromatic hydroxyl groups is 1. The van der Waals surface area contributed by atoms with Gasteiger partial charge in [0, 0.05) is 18.5 Å². The molecular formula is C21H21NO6. The standard InChI is InChI=1S/C21H21NO6/c23-13-4-3-12-9-15-21(26)6-5-14(24)18-20(21,16(12)17(13)28-18)7-8-22(15)19(25)27-10-11-1-2-11/h1,3-4,15,18,23,26H,2,5-10H2/t15-,18+,20?,21?/m1/s1. The third kappa shape index (κ3) is 1.78. The van der Waals surface area contributed by atoms with Crippen molar-refractivity contribution in [3.8, 4) is 11.5 Å². The van der Waals surface area contributed by atoms with Gasteiger partial charge in [0.2, 0.25) is 0 Å². The van der Waals surface area contributed by atoms with E-state index in [4.69, 9.17) is 9.47 Å². The van der Waals surface area contributed by atoms with Gasteiger partial charge in [0.15, 0.2) is 23.4 Å². The highest BCUT2D eigenvalue weighted by molar-refractivity contribution is 5.90. The van der Waals surface area contributed by atoms with Gasteiger partial charge in [-0.05, 0) is 42.9 Å². The first-order valence-electron chi connectivity index (χ1n) is 9.84. The summed E-state index contributed by atoms with van der Waals surface area (Å²) in [4.78, 5) is 27.2. The third-order valence-electron chi connectivity index (χ3n) is 7.37. The van der Waals surface area contributed by atoms with E-state index >= 15 is 0 Å². The Morgan fingerprint density at radius 1 is 1.36 bits per heavy atom. The van der Waals surface area contributed by atoms with Crippen molar-refractivity contribution in [2.75, 3.05) is 13.2 Å². The van der Waals surface area contributed by atoms with Crippen molar-refractivity contribution in [2.24, 2.45) is 0 Å². The first-order valence-corrected chi connectivity index (χ1v) is 9.84. The summed E-state index contributed by atoms with van der Waals surface area (Å²) in [7, 11) is 0. The number of phenols is 1. The van der Waals surface area contributed by atoms with Gasteiger partial charge in [0.25, 0.3) is 0 Å². The molecule has 7 nitrogen and oxygen atoms in total. The zero-order chi connectivity index (χ0) is 19.3. The molecule has 4 atom stereocenters. The number of piperidine rings is 1. The van der Waals surface area contributed by atoms with Gasteiger partial charge >= 0.3 is 6.09 Å². The van der Waals surface area contributed by atoms with E-state index in [-0.39, 0.29) is 24.4 Å². The van der Waals surface area contributed by atoms with Gasteiger partial charge in [0.05, 0.1) is 17.1 Å². The minimum Gasteiger partial charge on any atom is -0.504 e. The molecule has 2 bridgehead atoms. The van der Waals surface area contributed by atoms with Crippen LogP contribution in [0.15, 0.2) is 23.8 Å². The number of ether oxygens (including phenoxy) is 2. The van der Waals surface area contributed by atoms with Crippen molar-refractivity contribution in [2.45, 2.75) is 55.3 Å². The maximum absolute atomic E-state index is 12.8. The summed E-state index contributed by atoms with van der Waals surface area (Å²) >= 11 is 0. The Morgan fingerprint density at radius 3 is 2.96 bits per heavy atom. The summed E-state index contributed by atoms with van der Waals surface area (Å²) in [6.45, 7) is 0.678. The van der Waals surface area contributed by atoms with E-state index < -0.39 is 29.3 Å². The molecule has 5 aliphatic rings. The summed E-state index contributed by atoms with van der Waals surface area (Å²) < 4.78 is 11.4. The number of phenolic OH excluding ortho intramolecular Hbond substituents is 1. The zero-order valence-electron chi connectivity index (χ0n) is 15.3. The van der Waals surface area contributed by atoms with Gasteiger partial charge in [-0.15, -0.1) is 0 Å². The van der Waals surface area contributed by atoms with Crippen molar-refractivity contribution in [1.82, 2.24) is 4.90 Å². The average molecular weight is 383 g/mol. The molecule has 2 unspecified atom stereocenters. The van der Waals surface area contributed by atoms with E-state index in [0.717, 1.165) is 23.1 Å². The minimum atomic E-state index is -1.28. The number of benzene rings is 1. The van der Waals surface area contributed by atoms with Gasteiger partial charge in [0.1, 0.15) is 6.61 Å². The number of aliphatic hydroxyl groups is 1. The average Bonchev–Trinajstić information content (AvgIpc) is 3.42.